The van der Waals surface area contributed by atoms with Gasteiger partial charge in [0, 0.05) is 38.3 Å². The first-order valence-electron chi connectivity index (χ1n) is 7.48. The van der Waals surface area contributed by atoms with Crippen LogP contribution in [-0.2, 0) is 16.1 Å². The summed E-state index contributed by atoms with van der Waals surface area (Å²) in [5.74, 6) is -0.870. The van der Waals surface area contributed by atoms with E-state index in [0.717, 1.165) is 0 Å². The average Bonchev–Trinajstić information content (AvgIpc) is 2.91. The molecule has 1 N–H and O–H groups in total. The molecule has 1 aliphatic rings. The number of amides is 2. The predicted octanol–water partition coefficient (Wildman–Crippen LogP) is 1.51. The molecule has 1 aromatic heterocycles. The van der Waals surface area contributed by atoms with Crippen molar-refractivity contribution in [2.45, 2.75) is 26.1 Å². The van der Waals surface area contributed by atoms with Crippen molar-refractivity contribution >= 4 is 11.8 Å². The molecule has 1 aromatic rings. The molecule has 24 heavy (non-hydrogen) atoms. The number of rotatable bonds is 6. The van der Waals surface area contributed by atoms with Crippen LogP contribution in [0.4, 0.5) is 13.2 Å². The number of hydrogen-bond acceptors (Lipinski definition) is 4. The SMILES string of the molecule is CCN1C[C@@H](C(=O)NCc2ccnc(OCC(F)(F)F)c2)CC1=O. The minimum Gasteiger partial charge on any atom is -0.468 e. The van der Waals surface area contributed by atoms with Gasteiger partial charge >= 0.3 is 6.18 Å². The maximum Gasteiger partial charge on any atom is 0.422 e. The number of nitrogens with one attached hydrogen (secondary N) is 1. The van der Waals surface area contributed by atoms with Crippen molar-refractivity contribution in [1.29, 1.82) is 0 Å². The molecular weight excluding hydrogens is 327 g/mol. The fourth-order valence-corrected chi connectivity index (χ4v) is 2.38. The Bertz CT molecular complexity index is 607. The molecule has 0 aliphatic carbocycles. The molecule has 1 saturated heterocycles. The van der Waals surface area contributed by atoms with Crippen molar-refractivity contribution in [3.8, 4) is 5.88 Å². The zero-order chi connectivity index (χ0) is 17.7. The first-order valence-corrected chi connectivity index (χ1v) is 7.48. The van der Waals surface area contributed by atoms with Crippen molar-refractivity contribution < 1.29 is 27.5 Å². The van der Waals surface area contributed by atoms with Gasteiger partial charge in [-0.05, 0) is 18.6 Å². The minimum atomic E-state index is -4.44. The van der Waals surface area contributed by atoms with E-state index in [1.807, 2.05) is 6.92 Å². The van der Waals surface area contributed by atoms with Gasteiger partial charge in [-0.3, -0.25) is 9.59 Å². The van der Waals surface area contributed by atoms with Crippen LogP contribution in [0, 0.1) is 5.92 Å². The van der Waals surface area contributed by atoms with Crippen LogP contribution in [0.3, 0.4) is 0 Å². The highest BCUT2D eigenvalue weighted by Gasteiger charge is 2.33. The van der Waals surface area contributed by atoms with Gasteiger partial charge in [0.15, 0.2) is 6.61 Å². The lowest BCUT2D eigenvalue weighted by Gasteiger charge is -2.14. The highest BCUT2D eigenvalue weighted by atomic mass is 19.4. The lowest BCUT2D eigenvalue weighted by molar-refractivity contribution is -0.154. The number of carbonyl (C=O) groups is 2. The predicted molar refractivity (Wildman–Crippen MR) is 78.0 cm³/mol. The molecule has 0 spiro atoms. The average molecular weight is 345 g/mol. The summed E-state index contributed by atoms with van der Waals surface area (Å²) < 4.78 is 40.9. The third kappa shape index (κ3) is 5.10. The van der Waals surface area contributed by atoms with Crippen LogP contribution in [-0.4, -0.2) is 47.6 Å². The Labute approximate surface area is 137 Å². The zero-order valence-electron chi connectivity index (χ0n) is 13.1. The standard InChI is InChI=1S/C15H18F3N3O3/c1-2-21-8-11(6-13(21)22)14(23)20-7-10-3-4-19-12(5-10)24-9-15(16,17)18/h3-5,11H,2,6-9H2,1H3,(H,20,23)/t11-/m0/s1. The molecule has 2 heterocycles. The van der Waals surface area contributed by atoms with Gasteiger partial charge in [0.1, 0.15) is 0 Å². The van der Waals surface area contributed by atoms with Crippen LogP contribution in [0.1, 0.15) is 18.9 Å². The minimum absolute atomic E-state index is 0.0515. The van der Waals surface area contributed by atoms with Crippen LogP contribution in [0.5, 0.6) is 5.88 Å². The van der Waals surface area contributed by atoms with E-state index < -0.39 is 18.7 Å². The highest BCUT2D eigenvalue weighted by Crippen LogP contribution is 2.19. The van der Waals surface area contributed by atoms with Gasteiger partial charge in [0.05, 0.1) is 5.92 Å². The molecule has 1 fully saturated rings. The summed E-state index contributed by atoms with van der Waals surface area (Å²) in [4.78, 5) is 29.0. The number of alkyl halides is 3. The number of hydrogen-bond donors (Lipinski definition) is 1. The van der Waals surface area contributed by atoms with E-state index in [-0.39, 0.29) is 30.7 Å². The normalized spacial score (nSPS) is 17.9. The molecule has 6 nitrogen and oxygen atoms in total. The number of ether oxygens (including phenoxy) is 1. The molecule has 0 aromatic carbocycles. The number of aromatic nitrogens is 1. The Kier molecular flexibility index (Phi) is 5.63. The first-order chi connectivity index (χ1) is 11.3. The monoisotopic (exact) mass is 345 g/mol. The Morgan fingerprint density at radius 2 is 2.25 bits per heavy atom. The summed E-state index contributed by atoms with van der Waals surface area (Å²) >= 11 is 0. The Balaban J connectivity index is 1.86. The Morgan fingerprint density at radius 1 is 1.50 bits per heavy atom. The summed E-state index contributed by atoms with van der Waals surface area (Å²) in [6.45, 7) is 1.50. The molecule has 1 aliphatic heterocycles. The molecular formula is C15H18F3N3O3. The van der Waals surface area contributed by atoms with Crippen molar-refractivity contribution in [3.63, 3.8) is 0 Å². The van der Waals surface area contributed by atoms with Gasteiger partial charge in [-0.2, -0.15) is 13.2 Å². The number of carbonyl (C=O) groups excluding carboxylic acids is 2. The summed E-state index contributed by atoms with van der Waals surface area (Å²) in [6.07, 6.45) is -2.95. The van der Waals surface area contributed by atoms with Crippen molar-refractivity contribution in [1.82, 2.24) is 15.2 Å². The summed E-state index contributed by atoms with van der Waals surface area (Å²) in [6, 6.07) is 2.91. The topological polar surface area (TPSA) is 71.5 Å². The quantitative estimate of drug-likeness (QED) is 0.848. The van der Waals surface area contributed by atoms with Crippen LogP contribution in [0.15, 0.2) is 18.3 Å². The maximum atomic E-state index is 12.1. The lowest BCUT2D eigenvalue weighted by atomic mass is 10.1. The summed E-state index contributed by atoms with van der Waals surface area (Å²) in [7, 11) is 0. The molecule has 0 saturated carbocycles. The Morgan fingerprint density at radius 3 is 2.88 bits per heavy atom. The van der Waals surface area contributed by atoms with E-state index in [2.05, 4.69) is 15.0 Å². The fraction of sp³-hybridized carbons (Fsp3) is 0.533. The zero-order valence-corrected chi connectivity index (χ0v) is 13.1. The number of likely N-dealkylation sites (tertiary alicyclic amines) is 1. The second kappa shape index (κ2) is 7.50. The first kappa shape index (κ1) is 18.0. The van der Waals surface area contributed by atoms with E-state index in [4.69, 9.17) is 0 Å². The smallest absolute Gasteiger partial charge is 0.422 e. The van der Waals surface area contributed by atoms with Crippen molar-refractivity contribution in [2.75, 3.05) is 19.7 Å². The molecule has 2 rings (SSSR count). The number of pyridine rings is 1. The van der Waals surface area contributed by atoms with Gasteiger partial charge < -0.3 is 15.0 Å². The fourth-order valence-electron chi connectivity index (χ4n) is 2.38. The second-order valence-corrected chi connectivity index (χ2v) is 5.46. The third-order valence-electron chi connectivity index (χ3n) is 3.62. The largest absolute Gasteiger partial charge is 0.468 e. The van der Waals surface area contributed by atoms with Gasteiger partial charge in [-0.25, -0.2) is 4.98 Å². The molecule has 1 atom stereocenters. The van der Waals surface area contributed by atoms with E-state index >= 15 is 0 Å². The third-order valence-corrected chi connectivity index (χ3v) is 3.62. The van der Waals surface area contributed by atoms with Gasteiger partial charge in [0.25, 0.3) is 0 Å². The van der Waals surface area contributed by atoms with Gasteiger partial charge in [-0.15, -0.1) is 0 Å². The van der Waals surface area contributed by atoms with E-state index in [1.54, 1.807) is 11.0 Å². The lowest BCUT2D eigenvalue weighted by Crippen LogP contribution is -2.32. The molecule has 0 radical (unpaired) electrons. The van der Waals surface area contributed by atoms with Crippen LogP contribution < -0.4 is 10.1 Å². The van der Waals surface area contributed by atoms with Crippen LogP contribution in [0.25, 0.3) is 0 Å². The summed E-state index contributed by atoms with van der Waals surface area (Å²) in [5.41, 5.74) is 0.562. The highest BCUT2D eigenvalue weighted by molar-refractivity contribution is 5.89. The number of halogens is 3. The van der Waals surface area contributed by atoms with Crippen LogP contribution >= 0.6 is 0 Å². The van der Waals surface area contributed by atoms with Gasteiger partial charge in [0.2, 0.25) is 17.7 Å². The number of nitrogens with zero attached hydrogens (tertiary/aromatic N) is 2. The molecule has 9 heteroatoms. The second-order valence-electron chi connectivity index (χ2n) is 5.46. The Hall–Kier alpha value is -2.32. The van der Waals surface area contributed by atoms with E-state index in [1.165, 1.54) is 12.3 Å². The van der Waals surface area contributed by atoms with Crippen molar-refractivity contribution in [2.24, 2.45) is 5.92 Å². The summed E-state index contributed by atoms with van der Waals surface area (Å²) in [5, 5.41) is 2.68. The van der Waals surface area contributed by atoms with E-state index in [9.17, 15) is 22.8 Å². The molecule has 132 valence electrons. The van der Waals surface area contributed by atoms with Crippen molar-refractivity contribution in [3.05, 3.63) is 23.9 Å². The van der Waals surface area contributed by atoms with Gasteiger partial charge in [-0.1, -0.05) is 0 Å². The molecule has 0 unspecified atom stereocenters. The molecule has 0 bridgehead atoms. The van der Waals surface area contributed by atoms with E-state index in [0.29, 0.717) is 18.7 Å². The molecule has 2 amide bonds. The maximum absolute atomic E-state index is 12.1. The van der Waals surface area contributed by atoms with Crippen LogP contribution in [0.2, 0.25) is 0 Å².